The highest BCUT2D eigenvalue weighted by Crippen LogP contribution is 2.19. The van der Waals surface area contributed by atoms with Crippen LogP contribution in [0.3, 0.4) is 0 Å². The molecule has 0 aliphatic heterocycles. The van der Waals surface area contributed by atoms with Crippen molar-refractivity contribution in [2.24, 2.45) is 0 Å². The Bertz CT molecular complexity index is 697. The van der Waals surface area contributed by atoms with Crippen molar-refractivity contribution in [1.29, 1.82) is 0 Å². The summed E-state index contributed by atoms with van der Waals surface area (Å²) in [6.07, 6.45) is 0. The lowest BCUT2D eigenvalue weighted by Crippen LogP contribution is -2.27. The largest absolute Gasteiger partial charge is 0.336 e. The summed E-state index contributed by atoms with van der Waals surface area (Å²) in [5.41, 5.74) is 1.80. The highest BCUT2D eigenvalue weighted by atomic mass is 32.1. The molecule has 0 spiro atoms. The minimum Gasteiger partial charge on any atom is -0.336 e. The maximum Gasteiger partial charge on any atom is 0.270 e. The van der Waals surface area contributed by atoms with Crippen LogP contribution in [0, 0.1) is 24.0 Å². The summed E-state index contributed by atoms with van der Waals surface area (Å²) in [7, 11) is 1.66. The van der Waals surface area contributed by atoms with Crippen molar-refractivity contribution < 1.29 is 9.72 Å². The topological polar surface area (TPSA) is 76.3 Å². The van der Waals surface area contributed by atoms with E-state index < -0.39 is 4.92 Å². The third kappa shape index (κ3) is 3.43. The van der Waals surface area contributed by atoms with Crippen LogP contribution in [-0.2, 0) is 6.54 Å². The van der Waals surface area contributed by atoms with Gasteiger partial charge >= 0.3 is 0 Å². The third-order valence-electron chi connectivity index (χ3n) is 3.07. The number of non-ortho nitro benzene ring substituents is 1. The van der Waals surface area contributed by atoms with E-state index in [1.54, 1.807) is 20.0 Å². The summed E-state index contributed by atoms with van der Waals surface area (Å²) in [5.74, 6) is -0.248. The maximum absolute atomic E-state index is 12.4. The van der Waals surface area contributed by atoms with Crippen molar-refractivity contribution in [3.8, 4) is 0 Å². The number of carbonyl (C=O) groups is 1. The minimum absolute atomic E-state index is 0.0816. The predicted octanol–water partition coefficient (Wildman–Crippen LogP) is 2.94. The SMILES string of the molecule is Cc1nc(CN(C)C(=O)c2cc([N+](=O)[O-])ccc2C)cs1. The second-order valence-electron chi connectivity index (χ2n) is 4.78. The molecule has 0 saturated heterocycles. The molecule has 21 heavy (non-hydrogen) atoms. The third-order valence-corrected chi connectivity index (χ3v) is 3.90. The molecule has 0 aliphatic rings. The second-order valence-corrected chi connectivity index (χ2v) is 5.84. The van der Waals surface area contributed by atoms with E-state index in [1.165, 1.54) is 28.4 Å². The molecule has 0 fully saturated rings. The van der Waals surface area contributed by atoms with E-state index in [4.69, 9.17) is 0 Å². The molecule has 0 saturated carbocycles. The summed E-state index contributed by atoms with van der Waals surface area (Å²) < 4.78 is 0. The number of thiazole rings is 1. The minimum atomic E-state index is -0.500. The summed E-state index contributed by atoms with van der Waals surface area (Å²) in [5, 5.41) is 13.7. The lowest BCUT2D eigenvalue weighted by molar-refractivity contribution is -0.384. The van der Waals surface area contributed by atoms with E-state index in [0.29, 0.717) is 17.7 Å². The number of nitro groups is 1. The van der Waals surface area contributed by atoms with E-state index in [1.807, 2.05) is 12.3 Å². The van der Waals surface area contributed by atoms with E-state index in [2.05, 4.69) is 4.98 Å². The molecule has 1 aromatic carbocycles. The lowest BCUT2D eigenvalue weighted by Gasteiger charge is -2.17. The van der Waals surface area contributed by atoms with Gasteiger partial charge in [-0.25, -0.2) is 4.98 Å². The number of nitrogens with zero attached hydrogens (tertiary/aromatic N) is 3. The number of aryl methyl sites for hydroxylation is 2. The van der Waals surface area contributed by atoms with Gasteiger partial charge in [0.1, 0.15) is 0 Å². The molecule has 0 atom stereocenters. The van der Waals surface area contributed by atoms with Gasteiger partial charge in [-0.3, -0.25) is 14.9 Å². The molecule has 1 amide bonds. The summed E-state index contributed by atoms with van der Waals surface area (Å²) >= 11 is 1.53. The van der Waals surface area contributed by atoms with Gasteiger partial charge in [0.25, 0.3) is 11.6 Å². The van der Waals surface area contributed by atoms with Crippen LogP contribution in [0.5, 0.6) is 0 Å². The number of rotatable bonds is 4. The molecular weight excluding hydrogens is 290 g/mol. The molecular formula is C14H15N3O3S. The van der Waals surface area contributed by atoms with E-state index in [-0.39, 0.29) is 11.6 Å². The Morgan fingerprint density at radius 1 is 1.43 bits per heavy atom. The van der Waals surface area contributed by atoms with E-state index in [9.17, 15) is 14.9 Å². The lowest BCUT2D eigenvalue weighted by atomic mass is 10.1. The number of hydrogen-bond acceptors (Lipinski definition) is 5. The fourth-order valence-corrected chi connectivity index (χ4v) is 2.56. The first-order valence-electron chi connectivity index (χ1n) is 6.30. The monoisotopic (exact) mass is 305 g/mol. The zero-order valence-electron chi connectivity index (χ0n) is 12.0. The van der Waals surface area contributed by atoms with Crippen LogP contribution in [0.15, 0.2) is 23.6 Å². The van der Waals surface area contributed by atoms with Crippen LogP contribution in [0.1, 0.15) is 26.6 Å². The van der Waals surface area contributed by atoms with Gasteiger partial charge in [-0.1, -0.05) is 6.07 Å². The smallest absolute Gasteiger partial charge is 0.270 e. The highest BCUT2D eigenvalue weighted by molar-refractivity contribution is 7.09. The number of benzene rings is 1. The Balaban J connectivity index is 2.22. The first-order valence-corrected chi connectivity index (χ1v) is 7.18. The zero-order chi connectivity index (χ0) is 15.6. The van der Waals surface area contributed by atoms with Gasteiger partial charge in [-0.15, -0.1) is 11.3 Å². The molecule has 2 aromatic rings. The van der Waals surface area contributed by atoms with Crippen molar-refractivity contribution in [3.05, 3.63) is 55.5 Å². The maximum atomic E-state index is 12.4. The Labute approximate surface area is 126 Å². The van der Waals surface area contributed by atoms with Crippen molar-refractivity contribution in [2.45, 2.75) is 20.4 Å². The van der Waals surface area contributed by atoms with Crippen LogP contribution < -0.4 is 0 Å². The van der Waals surface area contributed by atoms with Crippen molar-refractivity contribution in [2.75, 3.05) is 7.05 Å². The number of amides is 1. The molecule has 6 nitrogen and oxygen atoms in total. The summed E-state index contributed by atoms with van der Waals surface area (Å²) in [4.78, 5) is 28.6. The zero-order valence-corrected chi connectivity index (χ0v) is 12.8. The van der Waals surface area contributed by atoms with Crippen LogP contribution in [-0.4, -0.2) is 27.8 Å². The predicted molar refractivity (Wildman–Crippen MR) is 80.5 cm³/mol. The van der Waals surface area contributed by atoms with Crippen LogP contribution in [0.4, 0.5) is 5.69 Å². The van der Waals surface area contributed by atoms with Crippen LogP contribution in [0.25, 0.3) is 0 Å². The summed E-state index contributed by atoms with van der Waals surface area (Å²) in [6, 6.07) is 4.31. The molecule has 7 heteroatoms. The first-order chi connectivity index (χ1) is 9.88. The van der Waals surface area contributed by atoms with Crippen molar-refractivity contribution in [3.63, 3.8) is 0 Å². The van der Waals surface area contributed by atoms with Gasteiger partial charge in [0.2, 0.25) is 0 Å². The molecule has 0 N–H and O–H groups in total. The molecule has 2 rings (SSSR count). The van der Waals surface area contributed by atoms with Gasteiger partial charge < -0.3 is 4.90 Å². The van der Waals surface area contributed by atoms with Gasteiger partial charge in [0.15, 0.2) is 0 Å². The van der Waals surface area contributed by atoms with Crippen LogP contribution >= 0.6 is 11.3 Å². The second kappa shape index (κ2) is 6.01. The number of carbonyl (C=O) groups excluding carboxylic acids is 1. The van der Waals surface area contributed by atoms with E-state index >= 15 is 0 Å². The van der Waals surface area contributed by atoms with Gasteiger partial charge in [-0.05, 0) is 19.4 Å². The average molecular weight is 305 g/mol. The quantitative estimate of drug-likeness (QED) is 0.643. The van der Waals surface area contributed by atoms with Crippen molar-refractivity contribution >= 4 is 22.9 Å². The Kier molecular flexibility index (Phi) is 4.32. The Morgan fingerprint density at radius 3 is 2.71 bits per heavy atom. The molecule has 110 valence electrons. The first kappa shape index (κ1) is 15.1. The van der Waals surface area contributed by atoms with Crippen molar-refractivity contribution in [1.82, 2.24) is 9.88 Å². The fraction of sp³-hybridized carbons (Fsp3) is 0.286. The Morgan fingerprint density at radius 2 is 2.14 bits per heavy atom. The number of hydrogen-bond donors (Lipinski definition) is 0. The van der Waals surface area contributed by atoms with E-state index in [0.717, 1.165) is 10.7 Å². The van der Waals surface area contributed by atoms with Crippen LogP contribution in [0.2, 0.25) is 0 Å². The molecule has 1 heterocycles. The molecule has 0 radical (unpaired) electrons. The highest BCUT2D eigenvalue weighted by Gasteiger charge is 2.18. The summed E-state index contributed by atoms with van der Waals surface area (Å²) in [6.45, 7) is 4.05. The van der Waals surface area contributed by atoms with Gasteiger partial charge in [0.05, 0.1) is 22.2 Å². The normalized spacial score (nSPS) is 10.4. The molecule has 0 unspecified atom stereocenters. The molecule has 1 aromatic heterocycles. The van der Waals surface area contributed by atoms with Gasteiger partial charge in [-0.2, -0.15) is 0 Å². The average Bonchev–Trinajstić information content (AvgIpc) is 2.83. The molecule has 0 bridgehead atoms. The number of nitro benzene ring substituents is 1. The standard InChI is InChI=1S/C14H15N3O3S/c1-9-4-5-12(17(19)20)6-13(9)14(18)16(3)7-11-8-21-10(2)15-11/h4-6,8H,7H2,1-3H3. The fourth-order valence-electron chi connectivity index (χ4n) is 1.96. The van der Waals surface area contributed by atoms with Gasteiger partial charge in [0, 0.05) is 30.1 Å². The molecule has 0 aliphatic carbocycles. The Hall–Kier alpha value is -2.28. The number of aromatic nitrogens is 1.